The molecule has 26 heavy (non-hydrogen) atoms. The highest BCUT2D eigenvalue weighted by atomic mass is 16.6. The van der Waals surface area contributed by atoms with Gasteiger partial charge in [0, 0.05) is 6.20 Å². The third-order valence-electron chi connectivity index (χ3n) is 4.08. The first kappa shape index (κ1) is 17.3. The molecule has 1 N–H and O–H groups in total. The van der Waals surface area contributed by atoms with E-state index in [1.165, 1.54) is 10.2 Å². The zero-order valence-electron chi connectivity index (χ0n) is 14.4. The van der Waals surface area contributed by atoms with E-state index in [2.05, 4.69) is 15.5 Å². The molecule has 1 amide bonds. The quantitative estimate of drug-likeness (QED) is 0.540. The lowest BCUT2D eigenvalue weighted by molar-refractivity contribution is -0.385. The summed E-state index contributed by atoms with van der Waals surface area (Å²) in [7, 11) is 0. The summed E-state index contributed by atoms with van der Waals surface area (Å²) in [6.07, 6.45) is 4.44. The molecule has 0 aliphatic carbocycles. The Labute approximate surface area is 149 Å². The van der Waals surface area contributed by atoms with Crippen LogP contribution in [0, 0.1) is 24.0 Å². The summed E-state index contributed by atoms with van der Waals surface area (Å²) in [5.41, 5.74) is 3.10. The van der Waals surface area contributed by atoms with Crippen LogP contribution >= 0.6 is 0 Å². The second-order valence-electron chi connectivity index (χ2n) is 5.93. The maximum Gasteiger partial charge on any atom is 0.309 e. The van der Waals surface area contributed by atoms with Gasteiger partial charge >= 0.3 is 5.69 Å². The van der Waals surface area contributed by atoms with Crippen molar-refractivity contribution in [1.82, 2.24) is 19.6 Å². The normalized spacial score (nSPS) is 10.7. The van der Waals surface area contributed by atoms with Crippen molar-refractivity contribution in [2.75, 3.05) is 5.32 Å². The van der Waals surface area contributed by atoms with Gasteiger partial charge in [-0.25, -0.2) is 0 Å². The van der Waals surface area contributed by atoms with Gasteiger partial charge in [0.1, 0.15) is 18.4 Å². The summed E-state index contributed by atoms with van der Waals surface area (Å²) in [4.78, 5) is 22.5. The van der Waals surface area contributed by atoms with Gasteiger partial charge in [0.2, 0.25) is 5.91 Å². The number of rotatable bonds is 6. The van der Waals surface area contributed by atoms with Crippen LogP contribution in [0.25, 0.3) is 0 Å². The van der Waals surface area contributed by atoms with Crippen LogP contribution in [0.3, 0.4) is 0 Å². The Morgan fingerprint density at radius 3 is 2.69 bits per heavy atom. The number of benzene rings is 1. The van der Waals surface area contributed by atoms with Gasteiger partial charge in [0.15, 0.2) is 0 Å². The Morgan fingerprint density at radius 2 is 2.00 bits per heavy atom. The SMILES string of the molecule is Cc1ccccc1Cn1cc(NC(=O)Cn2ncc([N+](=O)[O-])c2C)cn1. The molecule has 0 atom stereocenters. The van der Waals surface area contributed by atoms with Crippen molar-refractivity contribution in [3.05, 3.63) is 69.8 Å². The minimum Gasteiger partial charge on any atom is -0.322 e. The van der Waals surface area contributed by atoms with Crippen molar-refractivity contribution >= 4 is 17.3 Å². The van der Waals surface area contributed by atoms with E-state index in [9.17, 15) is 14.9 Å². The number of aryl methyl sites for hydroxylation is 1. The Bertz CT molecular complexity index is 959. The highest BCUT2D eigenvalue weighted by Crippen LogP contribution is 2.16. The summed E-state index contributed by atoms with van der Waals surface area (Å²) >= 11 is 0. The highest BCUT2D eigenvalue weighted by molar-refractivity contribution is 5.90. The Kier molecular flexibility index (Phi) is 4.78. The van der Waals surface area contributed by atoms with E-state index in [1.807, 2.05) is 31.2 Å². The van der Waals surface area contributed by atoms with Gasteiger partial charge in [0.25, 0.3) is 0 Å². The maximum absolute atomic E-state index is 12.2. The van der Waals surface area contributed by atoms with Crippen molar-refractivity contribution in [3.8, 4) is 0 Å². The molecule has 2 aromatic heterocycles. The minimum atomic E-state index is -0.521. The first-order valence-electron chi connectivity index (χ1n) is 7.97. The summed E-state index contributed by atoms with van der Waals surface area (Å²) in [5, 5.41) is 21.7. The van der Waals surface area contributed by atoms with Crippen LogP contribution in [0.1, 0.15) is 16.8 Å². The summed E-state index contributed by atoms with van der Waals surface area (Å²) < 4.78 is 3.03. The largest absolute Gasteiger partial charge is 0.322 e. The average Bonchev–Trinajstić information content (AvgIpc) is 3.17. The average molecular weight is 354 g/mol. The Hall–Kier alpha value is -3.49. The molecule has 0 aliphatic rings. The topological polar surface area (TPSA) is 108 Å². The van der Waals surface area contributed by atoms with Crippen LogP contribution in [0.4, 0.5) is 11.4 Å². The molecule has 0 unspecified atom stereocenters. The molecule has 9 heteroatoms. The molecule has 0 saturated heterocycles. The molecule has 0 radical (unpaired) electrons. The number of aromatic nitrogens is 4. The third-order valence-corrected chi connectivity index (χ3v) is 4.08. The molecule has 0 fully saturated rings. The van der Waals surface area contributed by atoms with Gasteiger partial charge in [-0.05, 0) is 25.0 Å². The van der Waals surface area contributed by atoms with E-state index in [4.69, 9.17) is 0 Å². The van der Waals surface area contributed by atoms with Gasteiger partial charge in [0.05, 0.1) is 23.4 Å². The van der Waals surface area contributed by atoms with E-state index in [0.717, 1.165) is 11.8 Å². The van der Waals surface area contributed by atoms with Gasteiger partial charge in [-0.15, -0.1) is 0 Å². The minimum absolute atomic E-state index is 0.108. The Morgan fingerprint density at radius 1 is 1.23 bits per heavy atom. The van der Waals surface area contributed by atoms with E-state index in [1.54, 1.807) is 24.0 Å². The molecule has 0 bridgehead atoms. The van der Waals surface area contributed by atoms with Crippen LogP contribution in [0.15, 0.2) is 42.9 Å². The predicted molar refractivity (Wildman–Crippen MR) is 94.8 cm³/mol. The molecule has 1 aromatic carbocycles. The standard InChI is InChI=1S/C17H18N6O3/c1-12-5-3-4-6-14(12)9-21-10-15(7-18-21)20-17(24)11-22-13(2)16(8-19-22)23(25)26/h3-8,10H,9,11H2,1-2H3,(H,20,24). The number of nitro groups is 1. The second-order valence-corrected chi connectivity index (χ2v) is 5.93. The predicted octanol–water partition coefficient (Wildman–Crippen LogP) is 2.29. The molecule has 3 aromatic rings. The number of nitrogens with zero attached hydrogens (tertiary/aromatic N) is 5. The van der Waals surface area contributed by atoms with Crippen molar-refractivity contribution < 1.29 is 9.72 Å². The fourth-order valence-corrected chi connectivity index (χ4v) is 2.59. The van der Waals surface area contributed by atoms with Crippen LogP contribution in [-0.4, -0.2) is 30.4 Å². The van der Waals surface area contributed by atoms with Crippen LogP contribution in [0.5, 0.6) is 0 Å². The molecule has 134 valence electrons. The zero-order chi connectivity index (χ0) is 18.7. The summed E-state index contributed by atoms with van der Waals surface area (Å²) in [5.74, 6) is -0.332. The van der Waals surface area contributed by atoms with Crippen molar-refractivity contribution in [1.29, 1.82) is 0 Å². The molecule has 3 rings (SSSR count). The molecule has 0 saturated carbocycles. The number of hydrogen-bond donors (Lipinski definition) is 1. The molecule has 2 heterocycles. The highest BCUT2D eigenvalue weighted by Gasteiger charge is 2.18. The van der Waals surface area contributed by atoms with Crippen molar-refractivity contribution in [2.24, 2.45) is 0 Å². The van der Waals surface area contributed by atoms with Crippen molar-refractivity contribution in [3.63, 3.8) is 0 Å². The maximum atomic E-state index is 12.2. The fourth-order valence-electron chi connectivity index (χ4n) is 2.59. The smallest absolute Gasteiger partial charge is 0.309 e. The van der Waals surface area contributed by atoms with Crippen LogP contribution in [-0.2, 0) is 17.9 Å². The number of hydrogen-bond acceptors (Lipinski definition) is 5. The second kappa shape index (κ2) is 7.18. The van der Waals surface area contributed by atoms with E-state index < -0.39 is 4.92 Å². The number of anilines is 1. The Balaban J connectivity index is 1.63. The first-order valence-corrected chi connectivity index (χ1v) is 7.97. The molecule has 9 nitrogen and oxygen atoms in total. The number of nitrogens with one attached hydrogen (secondary N) is 1. The van der Waals surface area contributed by atoms with E-state index in [0.29, 0.717) is 17.9 Å². The van der Waals surface area contributed by atoms with Gasteiger partial charge < -0.3 is 5.32 Å². The zero-order valence-corrected chi connectivity index (χ0v) is 14.4. The lowest BCUT2D eigenvalue weighted by atomic mass is 10.1. The number of carbonyl (C=O) groups excluding carboxylic acids is 1. The molecule has 0 aliphatic heterocycles. The van der Waals surface area contributed by atoms with Gasteiger partial charge in [-0.3, -0.25) is 24.3 Å². The molecular weight excluding hydrogens is 336 g/mol. The van der Waals surface area contributed by atoms with E-state index >= 15 is 0 Å². The monoisotopic (exact) mass is 354 g/mol. The van der Waals surface area contributed by atoms with E-state index in [-0.39, 0.29) is 18.1 Å². The molecular formula is C17H18N6O3. The first-order chi connectivity index (χ1) is 12.4. The fraction of sp³-hybridized carbons (Fsp3) is 0.235. The third kappa shape index (κ3) is 3.77. The van der Waals surface area contributed by atoms with Crippen molar-refractivity contribution in [2.45, 2.75) is 26.9 Å². The number of amides is 1. The lowest BCUT2D eigenvalue weighted by Crippen LogP contribution is -2.20. The summed E-state index contributed by atoms with van der Waals surface area (Å²) in [6.45, 7) is 4.08. The lowest BCUT2D eigenvalue weighted by Gasteiger charge is -2.06. The summed E-state index contributed by atoms with van der Waals surface area (Å²) in [6, 6.07) is 8.02. The number of carbonyl (C=O) groups is 1. The van der Waals surface area contributed by atoms with Gasteiger partial charge in [-0.1, -0.05) is 24.3 Å². The molecule has 0 spiro atoms. The van der Waals surface area contributed by atoms with Crippen LogP contribution < -0.4 is 5.32 Å². The van der Waals surface area contributed by atoms with Gasteiger partial charge in [-0.2, -0.15) is 10.2 Å². The van der Waals surface area contributed by atoms with Crippen LogP contribution in [0.2, 0.25) is 0 Å².